The van der Waals surface area contributed by atoms with E-state index in [1.165, 1.54) is 14.2 Å². The number of nitrogens with one attached hydrogen (secondary N) is 1. The van der Waals surface area contributed by atoms with Gasteiger partial charge in [0.1, 0.15) is 6.61 Å². The van der Waals surface area contributed by atoms with Crippen molar-refractivity contribution in [1.29, 1.82) is 0 Å². The molecule has 0 aromatic heterocycles. The van der Waals surface area contributed by atoms with E-state index in [-0.39, 0.29) is 18.5 Å². The van der Waals surface area contributed by atoms with E-state index in [1.54, 1.807) is 13.2 Å². The van der Waals surface area contributed by atoms with E-state index in [9.17, 15) is 9.59 Å². The molecule has 2 aliphatic heterocycles. The smallest absolute Gasteiger partial charge is 0.336 e. The van der Waals surface area contributed by atoms with Crippen LogP contribution in [0.2, 0.25) is 0 Å². The van der Waals surface area contributed by atoms with Crippen LogP contribution in [-0.2, 0) is 19.1 Å². The Balaban J connectivity index is 1.81. The summed E-state index contributed by atoms with van der Waals surface area (Å²) in [4.78, 5) is 26.5. The van der Waals surface area contributed by atoms with Crippen molar-refractivity contribution in [1.82, 2.24) is 5.32 Å². The van der Waals surface area contributed by atoms with Gasteiger partial charge in [-0.15, -0.1) is 0 Å². The van der Waals surface area contributed by atoms with Crippen LogP contribution in [0.5, 0.6) is 17.2 Å². The summed E-state index contributed by atoms with van der Waals surface area (Å²) >= 11 is 0. The average Bonchev–Trinajstić information content (AvgIpc) is 3.34. The number of benzene rings is 1. The predicted octanol–water partition coefficient (Wildman–Crippen LogP) is 3.40. The van der Waals surface area contributed by atoms with Crippen molar-refractivity contribution < 1.29 is 33.3 Å². The molecule has 8 nitrogen and oxygen atoms in total. The van der Waals surface area contributed by atoms with Gasteiger partial charge < -0.3 is 29.0 Å². The standard InChI is InChI=1S/C25H31NO7/c1-14-20(25(28)33-13-15-7-6-12-32-15)21(22-17(26-14)8-5-9-18(22)27)16-10-11-19(29-2)24(31-4)23(16)30-3/h10-11,15,21,26H,5-9,12-13H2,1-4H3/t15-,21-/m1/s1. The highest BCUT2D eigenvalue weighted by molar-refractivity contribution is 6.04. The van der Waals surface area contributed by atoms with Gasteiger partial charge in [-0.25, -0.2) is 4.79 Å². The second kappa shape index (κ2) is 9.87. The van der Waals surface area contributed by atoms with Gasteiger partial charge >= 0.3 is 5.97 Å². The van der Waals surface area contributed by atoms with Crippen LogP contribution < -0.4 is 19.5 Å². The Morgan fingerprint density at radius 2 is 1.88 bits per heavy atom. The zero-order valence-corrected chi connectivity index (χ0v) is 19.6. The fourth-order valence-corrected chi connectivity index (χ4v) is 4.94. The molecule has 2 atom stereocenters. The van der Waals surface area contributed by atoms with Crippen molar-refractivity contribution in [2.75, 3.05) is 34.5 Å². The SMILES string of the molecule is COc1ccc([C@@H]2C(C(=O)OC[C@H]3CCCO3)=C(C)NC3=C2C(=O)CCC3)c(OC)c1OC. The Hall–Kier alpha value is -3.00. The minimum Gasteiger partial charge on any atom is -0.493 e. The maximum atomic E-state index is 13.4. The zero-order valence-electron chi connectivity index (χ0n) is 19.6. The maximum Gasteiger partial charge on any atom is 0.336 e. The van der Waals surface area contributed by atoms with Crippen LogP contribution in [0, 0.1) is 0 Å². The molecule has 0 amide bonds. The van der Waals surface area contributed by atoms with Gasteiger partial charge in [0.05, 0.1) is 38.9 Å². The molecule has 4 rings (SSSR count). The molecule has 0 spiro atoms. The van der Waals surface area contributed by atoms with E-state index in [1.807, 2.05) is 13.0 Å². The number of dihydropyridines is 1. The number of methoxy groups -OCH3 is 3. The summed E-state index contributed by atoms with van der Waals surface area (Å²) in [5.74, 6) is 0.238. The Morgan fingerprint density at radius 1 is 1.09 bits per heavy atom. The van der Waals surface area contributed by atoms with Crippen molar-refractivity contribution in [3.63, 3.8) is 0 Å². The lowest BCUT2D eigenvalue weighted by Crippen LogP contribution is -2.35. The molecule has 8 heteroatoms. The summed E-state index contributed by atoms with van der Waals surface area (Å²) in [6, 6.07) is 3.58. The highest BCUT2D eigenvalue weighted by Gasteiger charge is 2.41. The van der Waals surface area contributed by atoms with E-state index < -0.39 is 11.9 Å². The number of rotatable bonds is 7. The topological polar surface area (TPSA) is 92.3 Å². The molecule has 0 bridgehead atoms. The number of Topliss-reactive ketones (excluding diaryl/α,β-unsaturated/α-hetero) is 1. The van der Waals surface area contributed by atoms with Gasteiger partial charge in [0, 0.05) is 35.6 Å². The van der Waals surface area contributed by atoms with Crippen LogP contribution >= 0.6 is 0 Å². The van der Waals surface area contributed by atoms with Crippen molar-refractivity contribution in [3.8, 4) is 17.2 Å². The Morgan fingerprint density at radius 3 is 2.55 bits per heavy atom. The van der Waals surface area contributed by atoms with E-state index in [0.717, 1.165) is 31.4 Å². The van der Waals surface area contributed by atoms with Gasteiger partial charge in [-0.3, -0.25) is 4.79 Å². The molecule has 1 fully saturated rings. The molecular formula is C25H31NO7. The molecule has 1 aliphatic carbocycles. The molecule has 1 aromatic rings. The van der Waals surface area contributed by atoms with Crippen molar-refractivity contribution in [2.45, 2.75) is 51.0 Å². The van der Waals surface area contributed by atoms with Crippen LogP contribution in [0.15, 0.2) is 34.7 Å². The molecule has 0 unspecified atom stereocenters. The molecule has 0 saturated carbocycles. The molecule has 178 valence electrons. The summed E-state index contributed by atoms with van der Waals surface area (Å²) in [6.45, 7) is 2.71. The normalized spacial score (nSPS) is 22.6. The van der Waals surface area contributed by atoms with Crippen molar-refractivity contribution in [2.24, 2.45) is 0 Å². The van der Waals surface area contributed by atoms with Crippen molar-refractivity contribution >= 4 is 11.8 Å². The highest BCUT2D eigenvalue weighted by Crippen LogP contribution is 2.50. The third-order valence-corrected chi connectivity index (χ3v) is 6.47. The van der Waals surface area contributed by atoms with E-state index >= 15 is 0 Å². The second-order valence-corrected chi connectivity index (χ2v) is 8.42. The quantitative estimate of drug-likeness (QED) is 0.623. The largest absolute Gasteiger partial charge is 0.493 e. The number of hydrogen-bond donors (Lipinski definition) is 1. The van der Waals surface area contributed by atoms with Crippen LogP contribution in [0.1, 0.15) is 50.5 Å². The summed E-state index contributed by atoms with van der Waals surface area (Å²) in [5.41, 5.74) is 3.15. The average molecular weight is 458 g/mol. The Kier molecular flexibility index (Phi) is 6.93. The molecule has 2 heterocycles. The summed E-state index contributed by atoms with van der Waals surface area (Å²) in [7, 11) is 4.61. The van der Waals surface area contributed by atoms with Crippen LogP contribution in [-0.4, -0.2) is 52.4 Å². The number of carbonyl (C=O) groups excluding carboxylic acids is 2. The predicted molar refractivity (Wildman–Crippen MR) is 120 cm³/mol. The monoisotopic (exact) mass is 457 g/mol. The Bertz CT molecular complexity index is 1000. The number of allylic oxidation sites excluding steroid dienone is 3. The van der Waals surface area contributed by atoms with E-state index in [2.05, 4.69) is 5.32 Å². The number of carbonyl (C=O) groups is 2. The second-order valence-electron chi connectivity index (χ2n) is 8.42. The lowest BCUT2D eigenvalue weighted by Gasteiger charge is -2.35. The Labute approximate surface area is 193 Å². The molecular weight excluding hydrogens is 426 g/mol. The van der Waals surface area contributed by atoms with Gasteiger partial charge in [0.2, 0.25) is 5.75 Å². The lowest BCUT2D eigenvalue weighted by atomic mass is 9.75. The van der Waals surface area contributed by atoms with Crippen molar-refractivity contribution in [3.05, 3.63) is 40.2 Å². The summed E-state index contributed by atoms with van der Waals surface area (Å²) in [5, 5.41) is 3.31. The van der Waals surface area contributed by atoms with Gasteiger partial charge in [-0.05, 0) is 38.7 Å². The van der Waals surface area contributed by atoms with Gasteiger partial charge in [-0.2, -0.15) is 0 Å². The van der Waals surface area contributed by atoms with E-state index in [0.29, 0.717) is 52.7 Å². The third-order valence-electron chi connectivity index (χ3n) is 6.47. The van der Waals surface area contributed by atoms with Gasteiger partial charge in [-0.1, -0.05) is 6.07 Å². The van der Waals surface area contributed by atoms with Crippen LogP contribution in [0.3, 0.4) is 0 Å². The minimum atomic E-state index is -0.638. The number of ether oxygens (including phenoxy) is 5. The zero-order chi connectivity index (χ0) is 23.5. The molecule has 1 N–H and O–H groups in total. The first kappa shape index (κ1) is 23.2. The summed E-state index contributed by atoms with van der Waals surface area (Å²) in [6.07, 6.45) is 3.68. The first-order valence-corrected chi connectivity index (χ1v) is 11.3. The molecule has 1 saturated heterocycles. The minimum absolute atomic E-state index is 0.0162. The van der Waals surface area contributed by atoms with E-state index in [4.69, 9.17) is 23.7 Å². The third kappa shape index (κ3) is 4.31. The first-order chi connectivity index (χ1) is 16.0. The fourth-order valence-electron chi connectivity index (χ4n) is 4.94. The number of ketones is 1. The maximum absolute atomic E-state index is 13.4. The molecule has 33 heavy (non-hydrogen) atoms. The number of esters is 1. The highest BCUT2D eigenvalue weighted by atomic mass is 16.6. The number of hydrogen-bond acceptors (Lipinski definition) is 8. The first-order valence-electron chi connectivity index (χ1n) is 11.3. The lowest BCUT2D eigenvalue weighted by molar-refractivity contribution is -0.142. The summed E-state index contributed by atoms with van der Waals surface area (Å²) < 4.78 is 28.0. The molecule has 3 aliphatic rings. The van der Waals surface area contributed by atoms with Gasteiger partial charge in [0.25, 0.3) is 0 Å². The van der Waals surface area contributed by atoms with Crippen LogP contribution in [0.4, 0.5) is 0 Å². The van der Waals surface area contributed by atoms with Gasteiger partial charge in [0.15, 0.2) is 17.3 Å². The van der Waals surface area contributed by atoms with Crippen LogP contribution in [0.25, 0.3) is 0 Å². The molecule has 0 radical (unpaired) electrons. The fraction of sp³-hybridized carbons (Fsp3) is 0.520. The molecule has 1 aromatic carbocycles.